The average Bonchev–Trinajstić information content (AvgIpc) is 2.39. The summed E-state index contributed by atoms with van der Waals surface area (Å²) in [7, 11) is 1.58. The van der Waals surface area contributed by atoms with Crippen LogP contribution in [0.15, 0.2) is 0 Å². The van der Waals surface area contributed by atoms with Crippen LogP contribution in [0.4, 0.5) is 0 Å². The zero-order chi connectivity index (χ0) is 13.7. The van der Waals surface area contributed by atoms with E-state index in [1.807, 2.05) is 6.92 Å². The highest BCUT2D eigenvalue weighted by Gasteiger charge is 2.43. The Morgan fingerprint density at radius 3 is 2.50 bits per heavy atom. The Morgan fingerprint density at radius 2 is 2.00 bits per heavy atom. The monoisotopic (exact) mass is 265 g/mol. The lowest BCUT2D eigenvalue weighted by atomic mass is 9.98. The fraction of sp³-hybridized carbons (Fsp3) is 1.00. The third kappa shape index (κ3) is 3.61. The number of hydrogen-bond donors (Lipinski definition) is 4. The van der Waals surface area contributed by atoms with E-state index < -0.39 is 37.3 Å². The Kier molecular flexibility index (Phi) is 6.44. The molecule has 0 radical (unpaired) electrons. The molecule has 5 N–H and O–H groups in total. The Morgan fingerprint density at radius 1 is 1.33 bits per heavy atom. The standard InChI is InChI=1S/C11H23NO6/c1-3-6(16-2)5-17-11-8(12)10(15)9(14)7(4-13)18-11/h6-11,13-15H,3-5,12H2,1-2H3/t6?,7?,8?,9-,10+,11+/m0/s1. The maximum absolute atomic E-state index is 9.72. The predicted octanol–water partition coefficient (Wildman–Crippen LogP) is -1.81. The Hall–Kier alpha value is -0.280. The second-order valence-corrected chi connectivity index (χ2v) is 4.38. The minimum atomic E-state index is -1.21. The van der Waals surface area contributed by atoms with E-state index in [1.54, 1.807) is 7.11 Å². The first-order chi connectivity index (χ1) is 8.54. The molecule has 0 aromatic rings. The van der Waals surface area contributed by atoms with Crippen LogP contribution < -0.4 is 5.73 Å². The molecular formula is C11H23NO6. The van der Waals surface area contributed by atoms with E-state index in [0.717, 1.165) is 6.42 Å². The van der Waals surface area contributed by atoms with Crippen molar-refractivity contribution in [1.29, 1.82) is 0 Å². The van der Waals surface area contributed by atoms with Crippen molar-refractivity contribution >= 4 is 0 Å². The Bertz CT molecular complexity index is 236. The van der Waals surface area contributed by atoms with E-state index in [4.69, 9.17) is 25.1 Å². The number of aliphatic hydroxyl groups excluding tert-OH is 3. The molecule has 1 saturated heterocycles. The van der Waals surface area contributed by atoms with Gasteiger partial charge in [0.2, 0.25) is 0 Å². The van der Waals surface area contributed by atoms with Crippen molar-refractivity contribution < 1.29 is 29.5 Å². The third-order valence-electron chi connectivity index (χ3n) is 3.16. The molecule has 108 valence electrons. The maximum Gasteiger partial charge on any atom is 0.175 e. The van der Waals surface area contributed by atoms with E-state index in [2.05, 4.69) is 0 Å². The summed E-state index contributed by atoms with van der Waals surface area (Å²) in [6, 6.07) is -0.864. The highest BCUT2D eigenvalue weighted by atomic mass is 16.7. The van der Waals surface area contributed by atoms with E-state index in [9.17, 15) is 10.2 Å². The molecule has 1 rings (SSSR count). The van der Waals surface area contributed by atoms with Crippen molar-refractivity contribution in [3.05, 3.63) is 0 Å². The number of hydrogen-bond acceptors (Lipinski definition) is 7. The number of rotatable bonds is 6. The molecule has 3 unspecified atom stereocenters. The van der Waals surface area contributed by atoms with Crippen molar-refractivity contribution in [2.75, 3.05) is 20.3 Å². The van der Waals surface area contributed by atoms with Gasteiger partial charge >= 0.3 is 0 Å². The van der Waals surface area contributed by atoms with Gasteiger partial charge in [-0.25, -0.2) is 0 Å². The van der Waals surface area contributed by atoms with Gasteiger partial charge in [-0.15, -0.1) is 0 Å². The molecule has 18 heavy (non-hydrogen) atoms. The first kappa shape index (κ1) is 15.8. The molecule has 7 heteroatoms. The zero-order valence-corrected chi connectivity index (χ0v) is 10.7. The number of methoxy groups -OCH3 is 1. The largest absolute Gasteiger partial charge is 0.394 e. The van der Waals surface area contributed by atoms with Gasteiger partial charge < -0.3 is 35.3 Å². The summed E-state index contributed by atoms with van der Waals surface area (Å²) in [5.74, 6) is 0. The van der Waals surface area contributed by atoms with E-state index in [1.165, 1.54) is 0 Å². The molecule has 1 aliphatic heterocycles. The fourth-order valence-corrected chi connectivity index (χ4v) is 1.81. The van der Waals surface area contributed by atoms with Gasteiger partial charge in [-0.05, 0) is 6.42 Å². The zero-order valence-electron chi connectivity index (χ0n) is 10.7. The van der Waals surface area contributed by atoms with Crippen molar-refractivity contribution in [1.82, 2.24) is 0 Å². The summed E-state index contributed by atoms with van der Waals surface area (Å²) < 4.78 is 15.9. The number of aliphatic hydroxyl groups is 3. The first-order valence-corrected chi connectivity index (χ1v) is 6.07. The van der Waals surface area contributed by atoms with Crippen molar-refractivity contribution in [2.24, 2.45) is 5.73 Å². The number of ether oxygens (including phenoxy) is 3. The van der Waals surface area contributed by atoms with E-state index in [0.29, 0.717) is 0 Å². The SMILES string of the molecule is CCC(CO[C@@H]1OC(CO)[C@H](O)[C@H](O)C1N)OC. The van der Waals surface area contributed by atoms with Gasteiger partial charge in [0, 0.05) is 7.11 Å². The van der Waals surface area contributed by atoms with Gasteiger partial charge in [0.25, 0.3) is 0 Å². The molecule has 1 fully saturated rings. The Balaban J connectivity index is 2.53. The molecular weight excluding hydrogens is 242 g/mol. The van der Waals surface area contributed by atoms with E-state index in [-0.39, 0.29) is 12.7 Å². The number of nitrogens with two attached hydrogens (primary N) is 1. The highest BCUT2D eigenvalue weighted by molar-refractivity contribution is 4.91. The average molecular weight is 265 g/mol. The van der Waals surface area contributed by atoms with Crippen LogP contribution in [0.2, 0.25) is 0 Å². The summed E-state index contributed by atoms with van der Waals surface area (Å²) in [4.78, 5) is 0. The van der Waals surface area contributed by atoms with Crippen LogP contribution in [0.3, 0.4) is 0 Å². The molecule has 0 bridgehead atoms. The van der Waals surface area contributed by atoms with Gasteiger partial charge in [-0.1, -0.05) is 6.92 Å². The molecule has 0 saturated carbocycles. The topological polar surface area (TPSA) is 114 Å². The molecule has 0 aromatic carbocycles. The first-order valence-electron chi connectivity index (χ1n) is 6.07. The van der Waals surface area contributed by atoms with Gasteiger partial charge in [0.1, 0.15) is 18.3 Å². The lowest BCUT2D eigenvalue weighted by Crippen LogP contribution is -2.62. The third-order valence-corrected chi connectivity index (χ3v) is 3.16. The second kappa shape index (κ2) is 7.34. The lowest BCUT2D eigenvalue weighted by molar-refractivity contribution is -0.270. The molecule has 1 aliphatic rings. The molecule has 0 aliphatic carbocycles. The van der Waals surface area contributed by atoms with Crippen LogP contribution in [0, 0.1) is 0 Å². The summed E-state index contributed by atoms with van der Waals surface area (Å²) in [5, 5.41) is 28.4. The molecule has 6 atom stereocenters. The van der Waals surface area contributed by atoms with E-state index >= 15 is 0 Å². The molecule has 0 spiro atoms. The minimum Gasteiger partial charge on any atom is -0.394 e. The van der Waals surface area contributed by atoms with Crippen LogP contribution in [0.25, 0.3) is 0 Å². The van der Waals surface area contributed by atoms with Crippen LogP contribution in [0.5, 0.6) is 0 Å². The van der Waals surface area contributed by atoms with Gasteiger partial charge in [0.05, 0.1) is 25.4 Å². The molecule has 1 heterocycles. The van der Waals surface area contributed by atoms with Gasteiger partial charge in [-0.3, -0.25) is 0 Å². The highest BCUT2D eigenvalue weighted by Crippen LogP contribution is 2.21. The second-order valence-electron chi connectivity index (χ2n) is 4.38. The maximum atomic E-state index is 9.72. The van der Waals surface area contributed by atoms with Crippen LogP contribution >= 0.6 is 0 Å². The quantitative estimate of drug-likeness (QED) is 0.447. The normalized spacial score (nSPS) is 38.7. The summed E-state index contributed by atoms with van der Waals surface area (Å²) in [6.45, 7) is 1.81. The van der Waals surface area contributed by atoms with Crippen molar-refractivity contribution in [2.45, 2.75) is 50.1 Å². The smallest absolute Gasteiger partial charge is 0.175 e. The van der Waals surface area contributed by atoms with Gasteiger partial charge in [-0.2, -0.15) is 0 Å². The van der Waals surface area contributed by atoms with Crippen LogP contribution in [-0.4, -0.2) is 72.4 Å². The van der Waals surface area contributed by atoms with Crippen LogP contribution in [0.1, 0.15) is 13.3 Å². The lowest BCUT2D eigenvalue weighted by Gasteiger charge is -2.40. The predicted molar refractivity (Wildman–Crippen MR) is 62.8 cm³/mol. The minimum absolute atomic E-state index is 0.0858. The molecule has 7 nitrogen and oxygen atoms in total. The molecule has 0 amide bonds. The summed E-state index contributed by atoms with van der Waals surface area (Å²) >= 11 is 0. The summed E-state index contributed by atoms with van der Waals surface area (Å²) in [6.07, 6.45) is -3.49. The van der Waals surface area contributed by atoms with Crippen molar-refractivity contribution in [3.63, 3.8) is 0 Å². The summed E-state index contributed by atoms with van der Waals surface area (Å²) in [5.41, 5.74) is 5.72. The van der Waals surface area contributed by atoms with Crippen LogP contribution in [-0.2, 0) is 14.2 Å². The van der Waals surface area contributed by atoms with Crippen molar-refractivity contribution in [3.8, 4) is 0 Å². The van der Waals surface area contributed by atoms with Gasteiger partial charge in [0.15, 0.2) is 6.29 Å². The fourth-order valence-electron chi connectivity index (χ4n) is 1.81. The molecule has 0 aromatic heterocycles. The Labute approximate surface area is 106 Å².